The number of piperidine rings is 1. The molecule has 3 aliphatic rings. The fraction of sp³-hybridized carbons (Fsp3) is 0.543. The first kappa shape index (κ1) is 32.8. The zero-order chi connectivity index (χ0) is 32.9. The van der Waals surface area contributed by atoms with Gasteiger partial charge >= 0.3 is 11.7 Å². The van der Waals surface area contributed by atoms with E-state index >= 15 is 0 Å². The number of nitrogens with one attached hydrogen (secondary N) is 2. The maximum atomic E-state index is 14.1. The van der Waals surface area contributed by atoms with Gasteiger partial charge in [0.1, 0.15) is 11.8 Å². The van der Waals surface area contributed by atoms with Crippen LogP contribution < -0.4 is 11.0 Å². The average molecular weight is 646 g/mol. The quantitative estimate of drug-likeness (QED) is 0.359. The number of H-pyrrole nitrogens is 1. The molecule has 3 aromatic rings. The molecule has 4 heterocycles. The Morgan fingerprint density at radius 2 is 1.64 bits per heavy atom. The summed E-state index contributed by atoms with van der Waals surface area (Å²) >= 11 is 0. The molecule has 6 rings (SSSR count). The fourth-order valence-electron chi connectivity index (χ4n) is 7.26. The second kappa shape index (κ2) is 14.7. The van der Waals surface area contributed by atoms with Gasteiger partial charge in [-0.2, -0.15) is 0 Å². The van der Waals surface area contributed by atoms with Crippen molar-refractivity contribution < 1.29 is 19.4 Å². The number of hydrogen-bond donors (Lipinski definition) is 3. The number of phenolic OH excluding ortho intramolecular Hbond substituents is 1. The number of carbonyl (C=O) groups excluding carboxylic acids is 2. The van der Waals surface area contributed by atoms with Crippen LogP contribution in [0, 0.1) is 13.8 Å². The maximum absolute atomic E-state index is 14.1. The Labute approximate surface area is 275 Å². The van der Waals surface area contributed by atoms with Gasteiger partial charge in [0, 0.05) is 70.5 Å². The molecule has 3 amide bonds. The Kier molecular flexibility index (Phi) is 10.3. The van der Waals surface area contributed by atoms with E-state index in [1.807, 2.05) is 61.2 Å². The summed E-state index contributed by atoms with van der Waals surface area (Å²) in [6.07, 6.45) is 4.41. The SMILES string of the molecule is Cc1cc(C[C@@H](NC(=O)N2CCC(n3nc(-c4ccccc4)[nH]c3=O)CC2)C(=O)N2CCCN(C3CCOCC3)CC2)cc(C)c1O. The Morgan fingerprint density at radius 3 is 2.34 bits per heavy atom. The topological polar surface area (TPSA) is 136 Å². The zero-order valence-corrected chi connectivity index (χ0v) is 27.5. The van der Waals surface area contributed by atoms with Crippen LogP contribution >= 0.6 is 0 Å². The molecule has 3 fully saturated rings. The number of hydrogen-bond acceptors (Lipinski definition) is 7. The molecule has 12 nitrogen and oxygen atoms in total. The second-order valence-electron chi connectivity index (χ2n) is 13.2. The van der Waals surface area contributed by atoms with Gasteiger partial charge in [-0.15, -0.1) is 5.10 Å². The van der Waals surface area contributed by atoms with Crippen LogP contribution in [0.4, 0.5) is 4.79 Å². The minimum Gasteiger partial charge on any atom is -0.507 e. The van der Waals surface area contributed by atoms with E-state index in [-0.39, 0.29) is 29.4 Å². The van der Waals surface area contributed by atoms with Crippen molar-refractivity contribution in [3.63, 3.8) is 0 Å². The van der Waals surface area contributed by atoms with Crippen LogP contribution in [0.1, 0.15) is 54.8 Å². The summed E-state index contributed by atoms with van der Waals surface area (Å²) in [6, 6.07) is 12.6. The summed E-state index contributed by atoms with van der Waals surface area (Å²) in [7, 11) is 0. The summed E-state index contributed by atoms with van der Waals surface area (Å²) < 4.78 is 7.06. The van der Waals surface area contributed by atoms with Crippen molar-refractivity contribution >= 4 is 11.9 Å². The van der Waals surface area contributed by atoms with E-state index in [0.717, 1.165) is 67.8 Å². The van der Waals surface area contributed by atoms with Crippen LogP contribution in [0.25, 0.3) is 11.4 Å². The molecule has 3 aliphatic heterocycles. The molecule has 1 atom stereocenters. The predicted octanol–water partition coefficient (Wildman–Crippen LogP) is 3.23. The molecule has 252 valence electrons. The van der Waals surface area contributed by atoms with Gasteiger partial charge in [0.2, 0.25) is 5.91 Å². The number of urea groups is 1. The van der Waals surface area contributed by atoms with Gasteiger partial charge in [-0.25, -0.2) is 14.3 Å². The highest BCUT2D eigenvalue weighted by Crippen LogP contribution is 2.25. The van der Waals surface area contributed by atoms with E-state index in [9.17, 15) is 19.5 Å². The van der Waals surface area contributed by atoms with Gasteiger partial charge in [0.15, 0.2) is 5.82 Å². The number of carbonyl (C=O) groups is 2. The number of amides is 3. The van der Waals surface area contributed by atoms with Crippen LogP contribution in [0.3, 0.4) is 0 Å². The highest BCUT2D eigenvalue weighted by molar-refractivity contribution is 5.87. The van der Waals surface area contributed by atoms with Gasteiger partial charge in [-0.1, -0.05) is 42.5 Å². The second-order valence-corrected chi connectivity index (χ2v) is 13.2. The van der Waals surface area contributed by atoms with E-state index in [0.29, 0.717) is 57.3 Å². The first-order chi connectivity index (χ1) is 22.8. The van der Waals surface area contributed by atoms with Gasteiger partial charge in [0.05, 0.1) is 6.04 Å². The van der Waals surface area contributed by atoms with E-state index in [1.165, 1.54) is 4.68 Å². The number of phenols is 1. The molecule has 0 spiro atoms. The lowest BCUT2D eigenvalue weighted by Gasteiger charge is -2.34. The number of aromatic nitrogens is 3. The Hall–Kier alpha value is -4.16. The number of rotatable bonds is 7. The first-order valence-electron chi connectivity index (χ1n) is 17.0. The predicted molar refractivity (Wildman–Crippen MR) is 178 cm³/mol. The van der Waals surface area contributed by atoms with E-state index < -0.39 is 6.04 Å². The monoisotopic (exact) mass is 645 g/mol. The summed E-state index contributed by atoms with van der Waals surface area (Å²) in [5.74, 6) is 0.694. The summed E-state index contributed by atoms with van der Waals surface area (Å²) in [5, 5.41) is 18.0. The van der Waals surface area contributed by atoms with Gasteiger partial charge in [-0.05, 0) is 62.6 Å². The third-order valence-corrected chi connectivity index (χ3v) is 9.92. The fourth-order valence-corrected chi connectivity index (χ4v) is 7.26. The maximum Gasteiger partial charge on any atom is 0.343 e. The molecule has 1 aromatic heterocycles. The Balaban J connectivity index is 1.12. The van der Waals surface area contributed by atoms with Gasteiger partial charge in [0.25, 0.3) is 0 Å². The normalized spacial score (nSPS) is 19.4. The van der Waals surface area contributed by atoms with E-state index in [2.05, 4.69) is 20.3 Å². The van der Waals surface area contributed by atoms with Crippen LogP contribution in [-0.4, -0.2) is 111 Å². The summed E-state index contributed by atoms with van der Waals surface area (Å²) in [5.41, 5.74) is 2.96. The molecular weight excluding hydrogens is 598 g/mol. The lowest BCUT2D eigenvalue weighted by molar-refractivity contribution is -0.133. The summed E-state index contributed by atoms with van der Waals surface area (Å²) in [6.45, 7) is 9.16. The molecule has 12 heteroatoms. The highest BCUT2D eigenvalue weighted by atomic mass is 16.5. The molecule has 3 saturated heterocycles. The minimum atomic E-state index is -0.749. The van der Waals surface area contributed by atoms with E-state index in [4.69, 9.17) is 4.74 Å². The summed E-state index contributed by atoms with van der Waals surface area (Å²) in [4.78, 5) is 49.6. The van der Waals surface area contributed by atoms with Crippen molar-refractivity contribution in [3.8, 4) is 17.1 Å². The van der Waals surface area contributed by atoms with Crippen molar-refractivity contribution in [2.24, 2.45) is 0 Å². The number of likely N-dealkylation sites (tertiary alicyclic amines) is 1. The number of aryl methyl sites for hydroxylation is 2. The minimum absolute atomic E-state index is 0.0815. The Bertz CT molecular complexity index is 1570. The smallest absolute Gasteiger partial charge is 0.343 e. The molecule has 3 N–H and O–H groups in total. The molecule has 47 heavy (non-hydrogen) atoms. The van der Waals surface area contributed by atoms with Gasteiger partial charge in [-0.3, -0.25) is 14.7 Å². The molecule has 0 bridgehead atoms. The van der Waals surface area contributed by atoms with Crippen molar-refractivity contribution in [2.75, 3.05) is 52.5 Å². The van der Waals surface area contributed by atoms with Gasteiger partial charge < -0.3 is 25.0 Å². The number of aromatic hydroxyl groups is 1. The van der Waals surface area contributed by atoms with Crippen molar-refractivity contribution in [1.29, 1.82) is 0 Å². The molecule has 0 aliphatic carbocycles. The third-order valence-electron chi connectivity index (χ3n) is 9.92. The molecular formula is C35H47N7O5. The van der Waals surface area contributed by atoms with Crippen LogP contribution in [0.2, 0.25) is 0 Å². The molecule has 0 radical (unpaired) electrons. The van der Waals surface area contributed by atoms with Crippen molar-refractivity contribution in [1.82, 2.24) is 34.8 Å². The zero-order valence-electron chi connectivity index (χ0n) is 27.5. The highest BCUT2D eigenvalue weighted by Gasteiger charge is 2.33. The van der Waals surface area contributed by atoms with Crippen LogP contribution in [-0.2, 0) is 16.0 Å². The van der Waals surface area contributed by atoms with E-state index in [1.54, 1.807) is 4.90 Å². The first-order valence-corrected chi connectivity index (χ1v) is 17.0. The molecule has 2 aromatic carbocycles. The van der Waals surface area contributed by atoms with Crippen LogP contribution in [0.15, 0.2) is 47.3 Å². The van der Waals surface area contributed by atoms with Crippen molar-refractivity contribution in [3.05, 3.63) is 69.6 Å². The lowest BCUT2D eigenvalue weighted by atomic mass is 9.99. The third kappa shape index (κ3) is 7.70. The number of benzene rings is 2. The molecule has 0 saturated carbocycles. The largest absolute Gasteiger partial charge is 0.507 e. The van der Waals surface area contributed by atoms with Crippen molar-refractivity contribution in [2.45, 2.75) is 70.5 Å². The molecule has 0 unspecified atom stereocenters. The van der Waals surface area contributed by atoms with Crippen LogP contribution in [0.5, 0.6) is 5.75 Å². The number of aromatic amines is 1. The average Bonchev–Trinajstić information content (AvgIpc) is 3.31. The Morgan fingerprint density at radius 1 is 0.936 bits per heavy atom. The number of ether oxygens (including phenoxy) is 1. The number of nitrogens with zero attached hydrogens (tertiary/aromatic N) is 5. The standard InChI is InChI=1S/C35H47N7O5/c1-24-21-26(22-25(2)31(24)43)23-30(33(44)40-14-6-13-39(17-18-40)28-11-19-47-20-12-28)36-34(45)41-15-9-29(10-16-41)42-35(46)37-32(38-42)27-7-4-3-5-8-27/h3-5,7-8,21-22,28-30,43H,6,9-20,23H2,1-2H3,(H,36,45)(H,37,38,46)/t30-/m1/s1. The lowest BCUT2D eigenvalue weighted by Crippen LogP contribution is -2.55.